The first-order valence-electron chi connectivity index (χ1n) is 11.3. The fourth-order valence-corrected chi connectivity index (χ4v) is 3.78. The second kappa shape index (κ2) is 11.5. The van der Waals surface area contributed by atoms with E-state index in [4.69, 9.17) is 34.2 Å². The molecule has 1 fully saturated rings. The van der Waals surface area contributed by atoms with Crippen LogP contribution in [0.15, 0.2) is 18.5 Å². The van der Waals surface area contributed by atoms with Crippen LogP contribution in [-0.2, 0) is 38.8 Å². The van der Waals surface area contributed by atoms with E-state index in [-0.39, 0.29) is 31.1 Å². The van der Waals surface area contributed by atoms with Crippen molar-refractivity contribution in [3.8, 4) is 6.07 Å². The van der Waals surface area contributed by atoms with E-state index >= 15 is 0 Å². The lowest BCUT2D eigenvalue weighted by atomic mass is 9.92. The van der Waals surface area contributed by atoms with Gasteiger partial charge in [0.05, 0.1) is 18.9 Å². The minimum atomic E-state index is -2.05. The summed E-state index contributed by atoms with van der Waals surface area (Å²) in [6.07, 6.45) is -4.57. The molecule has 1 aliphatic heterocycles. The van der Waals surface area contributed by atoms with Crippen molar-refractivity contribution < 1.29 is 42.8 Å². The second-order valence-electron chi connectivity index (χ2n) is 7.58. The number of nitriles is 1. The summed E-state index contributed by atoms with van der Waals surface area (Å²) in [7, 11) is 0. The zero-order valence-corrected chi connectivity index (χ0v) is 20.0. The van der Waals surface area contributed by atoms with E-state index in [1.165, 1.54) is 16.9 Å². The molecule has 14 nitrogen and oxygen atoms in total. The first-order valence-corrected chi connectivity index (χ1v) is 11.3. The molecule has 0 aliphatic carbocycles. The van der Waals surface area contributed by atoms with Crippen molar-refractivity contribution in [2.24, 2.45) is 0 Å². The number of anilines is 1. The van der Waals surface area contributed by atoms with Gasteiger partial charge in [0.2, 0.25) is 5.60 Å². The number of esters is 1. The summed E-state index contributed by atoms with van der Waals surface area (Å²) < 4.78 is 33.2. The maximum Gasteiger partial charge on any atom is 0.508 e. The van der Waals surface area contributed by atoms with Gasteiger partial charge in [0.25, 0.3) is 0 Å². The van der Waals surface area contributed by atoms with Crippen LogP contribution in [0.4, 0.5) is 15.4 Å². The molecule has 0 aromatic carbocycles. The van der Waals surface area contributed by atoms with Gasteiger partial charge in [-0.15, -0.1) is 0 Å². The minimum Gasteiger partial charge on any atom is -0.454 e. The predicted molar refractivity (Wildman–Crippen MR) is 119 cm³/mol. The summed E-state index contributed by atoms with van der Waals surface area (Å²) in [4.78, 5) is 40.6. The second-order valence-corrected chi connectivity index (χ2v) is 7.58. The molecule has 0 saturated carbocycles. The highest BCUT2D eigenvalue weighted by Gasteiger charge is 2.63. The minimum absolute atomic E-state index is 0.000375. The van der Waals surface area contributed by atoms with Crippen molar-refractivity contribution in [1.82, 2.24) is 14.6 Å². The van der Waals surface area contributed by atoms with Crippen molar-refractivity contribution >= 4 is 29.6 Å². The number of nitrogens with zero attached hydrogens (tertiary/aromatic N) is 4. The predicted octanol–water partition coefficient (Wildman–Crippen LogP) is 1.86. The number of nitrogen functional groups attached to an aromatic ring is 1. The van der Waals surface area contributed by atoms with Gasteiger partial charge in [-0.3, -0.25) is 4.79 Å². The standard InChI is InChI=1S/C22H27N5O9/c1-4-7-16(28)34-18-17(35-21(30)32-6-3)14(10-33-20(29)31-5-2)36-22(18,11-23)15-9-8-13-19(24)25-12-26-27(13)15/h8-9,12,14,17-18H,4-7,10H2,1-3H3,(H2,24,25,26)/t14-,17-,18-,22+/m1/s1. The van der Waals surface area contributed by atoms with Gasteiger partial charge in [0.15, 0.2) is 18.0 Å². The first-order chi connectivity index (χ1) is 17.3. The van der Waals surface area contributed by atoms with Crippen LogP contribution in [0.1, 0.15) is 39.3 Å². The Morgan fingerprint density at radius 1 is 1.14 bits per heavy atom. The Hall–Kier alpha value is -4.12. The highest BCUT2D eigenvalue weighted by Crippen LogP contribution is 2.44. The lowest BCUT2D eigenvalue weighted by molar-refractivity contribution is -0.161. The number of carbonyl (C=O) groups excluding carboxylic acids is 3. The fraction of sp³-hybridized carbons (Fsp3) is 0.545. The van der Waals surface area contributed by atoms with Crippen molar-refractivity contribution in [2.75, 3.05) is 25.6 Å². The number of fused-ring (bicyclic) bond motifs is 1. The number of aromatic nitrogens is 3. The SMILES string of the molecule is CCCC(=O)O[C@@H]1[C@H](OC(=O)OCC)[C@@H](COC(=O)OCC)O[C@@]1(C#N)c1ccc2c(N)ncnn12. The van der Waals surface area contributed by atoms with Crippen LogP contribution in [0.2, 0.25) is 0 Å². The lowest BCUT2D eigenvalue weighted by Crippen LogP contribution is -2.46. The number of nitrogens with two attached hydrogens (primary N) is 1. The molecular weight excluding hydrogens is 478 g/mol. The average Bonchev–Trinajstić information content (AvgIpc) is 3.40. The maximum atomic E-state index is 12.6. The number of hydrogen-bond acceptors (Lipinski definition) is 13. The topological polar surface area (TPSA) is 187 Å². The van der Waals surface area contributed by atoms with Crippen LogP contribution in [0.3, 0.4) is 0 Å². The van der Waals surface area contributed by atoms with Crippen molar-refractivity contribution in [3.05, 3.63) is 24.2 Å². The molecule has 0 amide bonds. The molecule has 194 valence electrons. The van der Waals surface area contributed by atoms with Gasteiger partial charge in [-0.25, -0.2) is 19.1 Å². The molecule has 0 spiro atoms. The van der Waals surface area contributed by atoms with Crippen molar-refractivity contribution in [2.45, 2.75) is 57.5 Å². The van der Waals surface area contributed by atoms with E-state index in [1.807, 2.05) is 6.07 Å². The third-order valence-corrected chi connectivity index (χ3v) is 5.27. The molecule has 0 radical (unpaired) electrons. The molecule has 3 heterocycles. The third kappa shape index (κ3) is 5.25. The van der Waals surface area contributed by atoms with Crippen LogP contribution in [-0.4, -0.2) is 71.0 Å². The number of carbonyl (C=O) groups is 3. The van der Waals surface area contributed by atoms with Gasteiger partial charge >= 0.3 is 18.3 Å². The molecule has 36 heavy (non-hydrogen) atoms. The average molecular weight is 505 g/mol. The zero-order valence-electron chi connectivity index (χ0n) is 20.0. The Kier molecular flexibility index (Phi) is 8.49. The Morgan fingerprint density at radius 3 is 2.53 bits per heavy atom. The summed E-state index contributed by atoms with van der Waals surface area (Å²) in [5.74, 6) is -0.534. The summed E-state index contributed by atoms with van der Waals surface area (Å²) in [5, 5.41) is 14.6. The molecule has 1 saturated heterocycles. The molecule has 4 atom stereocenters. The van der Waals surface area contributed by atoms with Crippen molar-refractivity contribution in [1.29, 1.82) is 5.26 Å². The van der Waals surface area contributed by atoms with Crippen molar-refractivity contribution in [3.63, 3.8) is 0 Å². The summed E-state index contributed by atoms with van der Waals surface area (Å²) in [5.41, 5.74) is 4.37. The van der Waals surface area contributed by atoms with Gasteiger partial charge in [-0.1, -0.05) is 6.92 Å². The van der Waals surface area contributed by atoms with Gasteiger partial charge in [-0.2, -0.15) is 10.4 Å². The van der Waals surface area contributed by atoms with Crippen LogP contribution in [0.5, 0.6) is 0 Å². The maximum absolute atomic E-state index is 12.6. The van der Waals surface area contributed by atoms with Crippen LogP contribution < -0.4 is 5.73 Å². The molecule has 0 unspecified atom stereocenters. The molecule has 2 N–H and O–H groups in total. The monoisotopic (exact) mass is 505 g/mol. The molecule has 2 aromatic heterocycles. The smallest absolute Gasteiger partial charge is 0.454 e. The van der Waals surface area contributed by atoms with Crippen LogP contribution >= 0.6 is 0 Å². The van der Waals surface area contributed by atoms with Crippen LogP contribution in [0, 0.1) is 11.3 Å². The van der Waals surface area contributed by atoms with Gasteiger partial charge in [0.1, 0.15) is 30.6 Å². The highest BCUT2D eigenvalue weighted by atomic mass is 16.8. The summed E-state index contributed by atoms with van der Waals surface area (Å²) in [6, 6.07) is 5.10. The quantitative estimate of drug-likeness (QED) is 0.384. The van der Waals surface area contributed by atoms with E-state index < -0.39 is 48.8 Å². The largest absolute Gasteiger partial charge is 0.508 e. The van der Waals surface area contributed by atoms with E-state index in [9.17, 15) is 19.6 Å². The highest BCUT2D eigenvalue weighted by molar-refractivity contribution is 5.70. The Morgan fingerprint density at radius 2 is 1.86 bits per heavy atom. The fourth-order valence-electron chi connectivity index (χ4n) is 3.78. The van der Waals surface area contributed by atoms with E-state index in [2.05, 4.69) is 10.1 Å². The van der Waals surface area contributed by atoms with Gasteiger partial charge in [0, 0.05) is 6.42 Å². The van der Waals surface area contributed by atoms with E-state index in [1.54, 1.807) is 26.8 Å². The summed E-state index contributed by atoms with van der Waals surface area (Å²) in [6.45, 7) is 4.50. The lowest BCUT2D eigenvalue weighted by Gasteiger charge is -2.28. The molecule has 3 rings (SSSR count). The Balaban J connectivity index is 2.11. The van der Waals surface area contributed by atoms with Crippen LogP contribution in [0.25, 0.3) is 5.52 Å². The Labute approximate surface area is 206 Å². The third-order valence-electron chi connectivity index (χ3n) is 5.27. The number of ether oxygens (including phenoxy) is 6. The van der Waals surface area contributed by atoms with E-state index in [0.29, 0.717) is 11.9 Å². The zero-order chi connectivity index (χ0) is 26.3. The Bertz CT molecular complexity index is 1150. The van der Waals surface area contributed by atoms with E-state index in [0.717, 1.165) is 0 Å². The van der Waals surface area contributed by atoms with Gasteiger partial charge in [-0.05, 0) is 32.4 Å². The molecule has 14 heteroatoms. The first kappa shape index (κ1) is 26.5. The molecule has 0 bridgehead atoms. The van der Waals surface area contributed by atoms with Gasteiger partial charge < -0.3 is 34.2 Å². The number of rotatable bonds is 9. The molecular formula is C22H27N5O9. The molecule has 2 aromatic rings. The molecule has 1 aliphatic rings. The summed E-state index contributed by atoms with van der Waals surface area (Å²) >= 11 is 0. The normalized spacial score (nSPS) is 23.0. The number of hydrogen-bond donors (Lipinski definition) is 1.